The van der Waals surface area contributed by atoms with Crippen LogP contribution in [0, 0.1) is 35.5 Å². The van der Waals surface area contributed by atoms with Gasteiger partial charge in [-0.3, -0.25) is 4.99 Å². The Morgan fingerprint density at radius 1 is 1.38 bits per heavy atom. The smallest absolute Gasteiger partial charge is 0.339 e. The minimum absolute atomic E-state index is 0.0387. The first kappa shape index (κ1) is 14.5. The van der Waals surface area contributed by atoms with Crippen molar-refractivity contribution in [2.75, 3.05) is 0 Å². The first-order valence-electron chi connectivity index (χ1n) is 6.30. The molecule has 0 saturated carbocycles. The second kappa shape index (κ2) is 5.26. The number of carboxylic acids is 1. The maximum atomic E-state index is 11.1. The predicted octanol–water partition coefficient (Wildman–Crippen LogP) is 2.78. The van der Waals surface area contributed by atoms with E-state index in [4.69, 9.17) is 9.52 Å². The number of carboxylic acid groups (broad SMARTS) is 1. The second-order valence-corrected chi connectivity index (χ2v) is 4.87. The highest BCUT2D eigenvalue weighted by molar-refractivity contribution is 5.91. The van der Waals surface area contributed by atoms with Gasteiger partial charge in [-0.2, -0.15) is 10.5 Å². The summed E-state index contributed by atoms with van der Waals surface area (Å²) in [4.78, 5) is 15.3. The van der Waals surface area contributed by atoms with E-state index in [0.29, 0.717) is 22.7 Å². The summed E-state index contributed by atoms with van der Waals surface area (Å²) in [5.41, 5.74) is 1.48. The van der Waals surface area contributed by atoms with Crippen LogP contribution >= 0.6 is 0 Å². The van der Waals surface area contributed by atoms with Gasteiger partial charge in [0.1, 0.15) is 17.1 Å². The third kappa shape index (κ3) is 2.32. The summed E-state index contributed by atoms with van der Waals surface area (Å²) in [6.45, 7) is 4.95. The number of allylic oxidation sites excluding steroid dienone is 2. The molecule has 1 aliphatic rings. The molecule has 21 heavy (non-hydrogen) atoms. The Morgan fingerprint density at radius 2 is 2.05 bits per heavy atom. The molecular formula is C15H13N3O3. The van der Waals surface area contributed by atoms with Crippen LogP contribution in [0.25, 0.3) is 0 Å². The number of carbonyl (C=O) groups is 1. The van der Waals surface area contributed by atoms with Gasteiger partial charge in [0.05, 0.1) is 35.2 Å². The molecule has 0 radical (unpaired) electrons. The fraction of sp³-hybridized carbons (Fsp3) is 0.333. The number of aromatic carboxylic acids is 1. The average molecular weight is 283 g/mol. The summed E-state index contributed by atoms with van der Waals surface area (Å²) in [5, 5.41) is 27.8. The molecule has 0 spiro atoms. The molecule has 0 amide bonds. The summed E-state index contributed by atoms with van der Waals surface area (Å²) >= 11 is 0. The average Bonchev–Trinajstić information content (AvgIpc) is 2.80. The summed E-state index contributed by atoms with van der Waals surface area (Å²) in [6.07, 6.45) is 0. The van der Waals surface area contributed by atoms with Crippen LogP contribution in [0.5, 0.6) is 0 Å². The van der Waals surface area contributed by atoms with Crippen molar-refractivity contribution in [1.29, 1.82) is 10.5 Å². The van der Waals surface area contributed by atoms with Crippen LogP contribution in [0.4, 0.5) is 0 Å². The zero-order chi connectivity index (χ0) is 15.7. The van der Waals surface area contributed by atoms with Crippen molar-refractivity contribution in [3.63, 3.8) is 0 Å². The topological polar surface area (TPSA) is 110 Å². The molecule has 2 atom stereocenters. The number of hydrogen-bond acceptors (Lipinski definition) is 5. The molecule has 2 unspecified atom stereocenters. The standard InChI is InChI=1S/C15H13N3O3/c1-7-11(5-16)14(12(6-17)8(2)18-7)13-4-10(15(19)20)9(3)21-13/h4,11,14H,1-3H3,(H,19,20). The monoisotopic (exact) mass is 283 g/mol. The van der Waals surface area contributed by atoms with Crippen LogP contribution in [0.1, 0.15) is 41.6 Å². The Morgan fingerprint density at radius 3 is 2.52 bits per heavy atom. The van der Waals surface area contributed by atoms with Gasteiger partial charge < -0.3 is 9.52 Å². The number of nitrogens with zero attached hydrogens (tertiary/aromatic N) is 3. The van der Waals surface area contributed by atoms with Crippen molar-refractivity contribution in [2.45, 2.75) is 26.7 Å². The lowest BCUT2D eigenvalue weighted by Crippen LogP contribution is -2.24. The van der Waals surface area contributed by atoms with Crippen molar-refractivity contribution in [3.8, 4) is 12.1 Å². The van der Waals surface area contributed by atoms with Gasteiger partial charge in [0.2, 0.25) is 0 Å². The highest BCUT2D eigenvalue weighted by Gasteiger charge is 2.36. The molecule has 106 valence electrons. The molecule has 0 bridgehead atoms. The van der Waals surface area contributed by atoms with E-state index in [0.717, 1.165) is 0 Å². The van der Waals surface area contributed by atoms with Gasteiger partial charge in [-0.15, -0.1) is 0 Å². The van der Waals surface area contributed by atoms with E-state index < -0.39 is 17.8 Å². The van der Waals surface area contributed by atoms with Gasteiger partial charge in [0.15, 0.2) is 0 Å². The molecule has 6 heteroatoms. The van der Waals surface area contributed by atoms with Crippen molar-refractivity contribution < 1.29 is 14.3 Å². The van der Waals surface area contributed by atoms with E-state index >= 15 is 0 Å². The number of rotatable bonds is 2. The van der Waals surface area contributed by atoms with Crippen molar-refractivity contribution >= 4 is 11.7 Å². The maximum absolute atomic E-state index is 11.1. The Bertz CT molecular complexity index is 756. The minimum Gasteiger partial charge on any atom is -0.478 e. The quantitative estimate of drug-likeness (QED) is 0.897. The highest BCUT2D eigenvalue weighted by atomic mass is 16.4. The summed E-state index contributed by atoms with van der Waals surface area (Å²) in [6, 6.07) is 5.57. The number of aryl methyl sites for hydroxylation is 1. The van der Waals surface area contributed by atoms with E-state index in [1.165, 1.54) is 6.07 Å². The van der Waals surface area contributed by atoms with E-state index in [-0.39, 0.29) is 11.3 Å². The summed E-state index contributed by atoms with van der Waals surface area (Å²) in [5.74, 6) is -1.80. The lowest BCUT2D eigenvalue weighted by molar-refractivity contribution is 0.0695. The molecule has 0 saturated heterocycles. The van der Waals surface area contributed by atoms with Crippen molar-refractivity contribution in [2.24, 2.45) is 10.9 Å². The molecule has 2 heterocycles. The van der Waals surface area contributed by atoms with Crippen LogP contribution < -0.4 is 0 Å². The lowest BCUT2D eigenvalue weighted by Gasteiger charge is -2.24. The van der Waals surface area contributed by atoms with Crippen LogP contribution in [0.2, 0.25) is 0 Å². The van der Waals surface area contributed by atoms with Crippen LogP contribution in [-0.4, -0.2) is 16.8 Å². The molecule has 1 aromatic heterocycles. The first-order valence-corrected chi connectivity index (χ1v) is 6.30. The largest absolute Gasteiger partial charge is 0.478 e. The normalized spacial score (nSPS) is 21.5. The zero-order valence-corrected chi connectivity index (χ0v) is 11.8. The fourth-order valence-electron chi connectivity index (χ4n) is 2.52. The molecule has 1 aliphatic heterocycles. The van der Waals surface area contributed by atoms with E-state index in [9.17, 15) is 15.3 Å². The molecular weight excluding hydrogens is 270 g/mol. The van der Waals surface area contributed by atoms with E-state index in [1.807, 2.05) is 0 Å². The predicted molar refractivity (Wildman–Crippen MR) is 73.7 cm³/mol. The van der Waals surface area contributed by atoms with E-state index in [2.05, 4.69) is 17.1 Å². The molecule has 0 aromatic carbocycles. The number of hydrogen-bond donors (Lipinski definition) is 1. The lowest BCUT2D eigenvalue weighted by atomic mass is 9.79. The number of nitriles is 2. The highest BCUT2D eigenvalue weighted by Crippen LogP contribution is 2.39. The fourth-order valence-corrected chi connectivity index (χ4v) is 2.52. The number of aliphatic imine (C=N–C) groups is 1. The Balaban J connectivity index is 2.62. The molecule has 6 nitrogen and oxygen atoms in total. The van der Waals surface area contributed by atoms with Crippen molar-refractivity contribution in [3.05, 3.63) is 34.4 Å². The third-order valence-corrected chi connectivity index (χ3v) is 3.56. The SMILES string of the molecule is CC1=NC(C)=C(C#N)C(c2cc(C(=O)O)c(C)o2)C1C#N. The zero-order valence-electron chi connectivity index (χ0n) is 11.8. The molecule has 1 aromatic rings. The molecule has 1 N–H and O–H groups in total. The van der Waals surface area contributed by atoms with Gasteiger partial charge in [-0.1, -0.05) is 0 Å². The van der Waals surface area contributed by atoms with Crippen molar-refractivity contribution in [1.82, 2.24) is 0 Å². The first-order chi connectivity index (χ1) is 9.90. The molecule has 0 fully saturated rings. The molecule has 2 rings (SSSR count). The van der Waals surface area contributed by atoms with Gasteiger partial charge in [-0.05, 0) is 26.8 Å². The van der Waals surface area contributed by atoms with Crippen LogP contribution in [0.3, 0.4) is 0 Å². The van der Waals surface area contributed by atoms with E-state index in [1.54, 1.807) is 20.8 Å². The van der Waals surface area contributed by atoms with Gasteiger partial charge in [0.25, 0.3) is 0 Å². The Hall–Kier alpha value is -2.86. The van der Waals surface area contributed by atoms with Gasteiger partial charge >= 0.3 is 5.97 Å². The van der Waals surface area contributed by atoms with Gasteiger partial charge in [0, 0.05) is 5.71 Å². The minimum atomic E-state index is -1.10. The van der Waals surface area contributed by atoms with Crippen LogP contribution in [-0.2, 0) is 0 Å². The molecule has 0 aliphatic carbocycles. The third-order valence-electron chi connectivity index (χ3n) is 3.56. The summed E-state index contributed by atoms with van der Waals surface area (Å²) in [7, 11) is 0. The number of furan rings is 1. The van der Waals surface area contributed by atoms with Crippen LogP contribution in [0.15, 0.2) is 26.7 Å². The summed E-state index contributed by atoms with van der Waals surface area (Å²) < 4.78 is 5.50. The Labute approximate surface area is 121 Å². The van der Waals surface area contributed by atoms with Gasteiger partial charge in [-0.25, -0.2) is 4.79 Å². The second-order valence-electron chi connectivity index (χ2n) is 4.87. The maximum Gasteiger partial charge on any atom is 0.339 e. The Kier molecular flexibility index (Phi) is 3.64.